The number of alkyl carbamates (subject to hydrolysis) is 1. The second-order valence-electron chi connectivity index (χ2n) is 11.0. The number of benzene rings is 1. The van der Waals surface area contributed by atoms with Crippen LogP contribution >= 0.6 is 0 Å². The summed E-state index contributed by atoms with van der Waals surface area (Å²) in [6.07, 6.45) is 0.316. The van der Waals surface area contributed by atoms with E-state index in [1.54, 1.807) is 39.0 Å². The minimum absolute atomic E-state index is 0.0304. The smallest absolute Gasteiger partial charge is 0.411 e. The molecule has 0 unspecified atom stereocenters. The minimum Gasteiger partial charge on any atom is -0.465 e. The number of nitrogens with one attached hydrogen (secondary N) is 3. The predicted molar refractivity (Wildman–Crippen MR) is 153 cm³/mol. The van der Waals surface area contributed by atoms with Gasteiger partial charge in [0.05, 0.1) is 29.2 Å². The zero-order valence-corrected chi connectivity index (χ0v) is 23.6. The van der Waals surface area contributed by atoms with Gasteiger partial charge >= 0.3 is 12.2 Å². The van der Waals surface area contributed by atoms with Crippen molar-refractivity contribution >= 4 is 51.5 Å². The first-order chi connectivity index (χ1) is 19.9. The van der Waals surface area contributed by atoms with Crippen LogP contribution in [0.1, 0.15) is 43.5 Å². The number of ether oxygens (including phenoxy) is 1. The summed E-state index contributed by atoms with van der Waals surface area (Å²) in [5.74, 6) is -0.315. The molecule has 1 saturated heterocycles. The highest BCUT2D eigenvalue weighted by atomic mass is 19.1. The molecule has 0 saturated carbocycles. The summed E-state index contributed by atoms with van der Waals surface area (Å²) in [5, 5.41) is 16.1. The van der Waals surface area contributed by atoms with Crippen LogP contribution in [0.25, 0.3) is 21.9 Å². The lowest BCUT2D eigenvalue weighted by Gasteiger charge is -2.22. The summed E-state index contributed by atoms with van der Waals surface area (Å²) in [5.41, 5.74) is 0.398. The Labute approximate surface area is 240 Å². The fraction of sp³-hybridized carbons (Fsp3) is 0.357. The molecule has 3 aromatic heterocycles. The van der Waals surface area contributed by atoms with Crippen molar-refractivity contribution in [2.75, 3.05) is 29.9 Å². The van der Waals surface area contributed by atoms with Gasteiger partial charge in [-0.25, -0.2) is 23.9 Å². The minimum atomic E-state index is -1.26. The van der Waals surface area contributed by atoms with Crippen LogP contribution in [0.15, 0.2) is 36.5 Å². The fourth-order valence-corrected chi connectivity index (χ4v) is 4.84. The topological polar surface area (TPSA) is 166 Å². The summed E-state index contributed by atoms with van der Waals surface area (Å²) in [6, 6.07) is 7.18. The highest BCUT2D eigenvalue weighted by Gasteiger charge is 2.30. The number of pyridine rings is 1. The number of aromatic amines is 1. The van der Waals surface area contributed by atoms with Crippen molar-refractivity contribution in [3.8, 4) is 0 Å². The van der Waals surface area contributed by atoms with Gasteiger partial charge in [0.25, 0.3) is 5.91 Å². The van der Waals surface area contributed by atoms with Crippen LogP contribution in [0.3, 0.4) is 0 Å². The number of aromatic nitrogens is 4. The number of rotatable bonds is 6. The maximum absolute atomic E-state index is 14.8. The highest BCUT2D eigenvalue weighted by molar-refractivity contribution is 6.16. The van der Waals surface area contributed by atoms with Gasteiger partial charge in [0.15, 0.2) is 5.82 Å². The number of carbonyl (C=O) groups excluding carboxylic acids is 2. The molecule has 0 spiro atoms. The fourth-order valence-electron chi connectivity index (χ4n) is 4.84. The molecule has 13 nitrogen and oxygen atoms in total. The molecule has 1 aliphatic heterocycles. The Morgan fingerprint density at radius 1 is 1.24 bits per heavy atom. The number of carbonyl (C=O) groups is 3. The predicted octanol–water partition coefficient (Wildman–Crippen LogP) is 3.79. The molecule has 5 rings (SSSR count). The lowest BCUT2D eigenvalue weighted by atomic mass is 10.1. The Bertz CT molecular complexity index is 1670. The van der Waals surface area contributed by atoms with E-state index >= 15 is 0 Å². The molecular weight excluding hydrogens is 547 g/mol. The monoisotopic (exact) mass is 578 g/mol. The van der Waals surface area contributed by atoms with Crippen LogP contribution in [0.5, 0.6) is 0 Å². The Kier molecular flexibility index (Phi) is 7.54. The number of fused-ring (bicyclic) bond motifs is 3. The first-order valence-corrected chi connectivity index (χ1v) is 13.3. The van der Waals surface area contributed by atoms with Crippen LogP contribution in [0.2, 0.25) is 0 Å². The third-order valence-electron chi connectivity index (χ3n) is 6.69. The molecule has 1 atom stereocenters. The average molecular weight is 579 g/mol. The molecule has 14 heteroatoms. The van der Waals surface area contributed by atoms with Gasteiger partial charge in [-0.05, 0) is 51.5 Å². The molecule has 42 heavy (non-hydrogen) atoms. The van der Waals surface area contributed by atoms with Gasteiger partial charge < -0.3 is 30.4 Å². The van der Waals surface area contributed by atoms with Crippen molar-refractivity contribution in [3.63, 3.8) is 0 Å². The number of anilines is 2. The Hall–Kier alpha value is -5.01. The maximum atomic E-state index is 14.8. The molecule has 1 aromatic carbocycles. The Morgan fingerprint density at radius 2 is 2.02 bits per heavy atom. The van der Waals surface area contributed by atoms with Crippen molar-refractivity contribution in [1.82, 2.24) is 30.6 Å². The number of hydrogen-bond donors (Lipinski definition) is 4. The summed E-state index contributed by atoms with van der Waals surface area (Å²) >= 11 is 0. The van der Waals surface area contributed by atoms with Gasteiger partial charge in [0.2, 0.25) is 0 Å². The van der Waals surface area contributed by atoms with Crippen LogP contribution in [0, 0.1) is 5.82 Å². The summed E-state index contributed by atoms with van der Waals surface area (Å²) < 4.78 is 20.2. The van der Waals surface area contributed by atoms with Crippen LogP contribution in [0.4, 0.5) is 25.5 Å². The standard InChI is InChI=1S/C28H31FN8O5/c1-28(2,3)42-26(39)32-16-8-10-37(14-16)24-21-17-11-15(29)12-19(36(4)27(40)41)22(17)35-23(21)33-20(34-24)13-31-25(38)18-7-5-6-9-30-18/h5-7,9,11-12,16H,8,10,13-14H2,1-4H3,(H,31,38)(H,32,39)(H,40,41)(H,33,34,35)/t16-/m0/s1. The van der Waals surface area contributed by atoms with Gasteiger partial charge in [0, 0.05) is 31.7 Å². The van der Waals surface area contributed by atoms with E-state index in [9.17, 15) is 23.9 Å². The van der Waals surface area contributed by atoms with Gasteiger partial charge in [-0.1, -0.05) is 6.07 Å². The van der Waals surface area contributed by atoms with Crippen LogP contribution < -0.4 is 20.4 Å². The molecule has 1 fully saturated rings. The number of halogens is 1. The molecule has 1 aliphatic rings. The van der Waals surface area contributed by atoms with Gasteiger partial charge in [-0.2, -0.15) is 0 Å². The molecule has 4 heterocycles. The SMILES string of the molecule is CN(C(=O)O)c1cc(F)cc2c1[nH]c1nc(CNC(=O)c3ccccn3)nc(N3CC[C@H](NC(=O)OC(C)(C)C)C3)c12. The van der Waals surface area contributed by atoms with Crippen molar-refractivity contribution in [2.24, 2.45) is 0 Å². The zero-order chi connectivity index (χ0) is 30.2. The van der Waals surface area contributed by atoms with Crippen molar-refractivity contribution in [3.05, 3.63) is 53.9 Å². The van der Waals surface area contributed by atoms with E-state index in [-0.39, 0.29) is 29.8 Å². The summed E-state index contributed by atoms with van der Waals surface area (Å²) in [4.78, 5) is 56.1. The molecule has 3 amide bonds. The van der Waals surface area contributed by atoms with Crippen LogP contribution in [-0.2, 0) is 11.3 Å². The van der Waals surface area contributed by atoms with E-state index in [0.29, 0.717) is 47.3 Å². The van der Waals surface area contributed by atoms with E-state index < -0.39 is 29.5 Å². The van der Waals surface area contributed by atoms with Crippen LogP contribution in [-0.4, -0.2) is 74.9 Å². The number of nitrogens with zero attached hydrogens (tertiary/aromatic N) is 5. The lowest BCUT2D eigenvalue weighted by Crippen LogP contribution is -2.40. The molecule has 0 bridgehead atoms. The third-order valence-corrected chi connectivity index (χ3v) is 6.69. The third kappa shape index (κ3) is 6.01. The Balaban J connectivity index is 1.53. The summed E-state index contributed by atoms with van der Waals surface area (Å²) in [6.45, 7) is 6.21. The number of hydrogen-bond acceptors (Lipinski definition) is 8. The van der Waals surface area contributed by atoms with Crippen molar-refractivity contribution in [2.45, 2.75) is 45.4 Å². The normalized spacial score (nSPS) is 15.2. The van der Waals surface area contributed by atoms with E-state index in [1.807, 2.05) is 4.90 Å². The first kappa shape index (κ1) is 28.5. The van der Waals surface area contributed by atoms with Gasteiger partial charge in [0.1, 0.15) is 28.6 Å². The quantitative estimate of drug-likeness (QED) is 0.266. The van der Waals surface area contributed by atoms with E-state index in [1.165, 1.54) is 19.3 Å². The average Bonchev–Trinajstić information content (AvgIpc) is 3.54. The van der Waals surface area contributed by atoms with Crippen molar-refractivity contribution in [1.29, 1.82) is 0 Å². The largest absolute Gasteiger partial charge is 0.465 e. The Morgan fingerprint density at radius 3 is 2.71 bits per heavy atom. The highest BCUT2D eigenvalue weighted by Crippen LogP contribution is 2.37. The molecular formula is C28H31FN8O5. The maximum Gasteiger partial charge on any atom is 0.411 e. The lowest BCUT2D eigenvalue weighted by molar-refractivity contribution is 0.0508. The number of H-pyrrole nitrogens is 1. The van der Waals surface area contributed by atoms with Crippen molar-refractivity contribution < 1.29 is 28.6 Å². The first-order valence-electron chi connectivity index (χ1n) is 13.3. The number of carboxylic acid groups (broad SMARTS) is 1. The molecule has 0 aliphatic carbocycles. The summed E-state index contributed by atoms with van der Waals surface area (Å²) in [7, 11) is 1.32. The van der Waals surface area contributed by atoms with Gasteiger partial charge in [-0.15, -0.1) is 0 Å². The number of amides is 3. The van der Waals surface area contributed by atoms with E-state index in [4.69, 9.17) is 9.72 Å². The second-order valence-corrected chi connectivity index (χ2v) is 11.0. The van der Waals surface area contributed by atoms with E-state index in [2.05, 4.69) is 25.6 Å². The molecule has 4 N–H and O–H groups in total. The van der Waals surface area contributed by atoms with Gasteiger partial charge in [-0.3, -0.25) is 14.7 Å². The van der Waals surface area contributed by atoms with E-state index in [0.717, 1.165) is 11.0 Å². The molecule has 4 aromatic rings. The molecule has 220 valence electrons. The second kappa shape index (κ2) is 11.1. The zero-order valence-electron chi connectivity index (χ0n) is 23.6. The molecule has 0 radical (unpaired) electrons.